The summed E-state index contributed by atoms with van der Waals surface area (Å²) >= 11 is 0. The van der Waals surface area contributed by atoms with E-state index in [0.29, 0.717) is 12.0 Å². The van der Waals surface area contributed by atoms with Gasteiger partial charge in [0.25, 0.3) is 0 Å². The van der Waals surface area contributed by atoms with Crippen LogP contribution >= 0.6 is 0 Å². The number of halogens is 3. The summed E-state index contributed by atoms with van der Waals surface area (Å²) in [7, 11) is 0. The average Bonchev–Trinajstić information content (AvgIpc) is 2.76. The molecule has 7 heteroatoms. The molecule has 1 N–H and O–H groups in total. The van der Waals surface area contributed by atoms with Crippen LogP contribution in [0.1, 0.15) is 45.1 Å². The molecule has 1 fully saturated rings. The minimum absolute atomic E-state index is 0.0106. The number of anilines is 1. The van der Waals surface area contributed by atoms with Crippen LogP contribution in [-0.2, 0) is 4.79 Å². The molecule has 0 aliphatic carbocycles. The number of benzene rings is 2. The third-order valence-corrected chi connectivity index (χ3v) is 5.81. The fourth-order valence-corrected chi connectivity index (χ4v) is 3.95. The highest BCUT2D eigenvalue weighted by Gasteiger charge is 2.22. The first-order valence-electron chi connectivity index (χ1n) is 11.1. The van der Waals surface area contributed by atoms with E-state index in [1.807, 2.05) is 32.9 Å². The fraction of sp³-hybridized carbons (Fsp3) is 0.480. The monoisotopic (exact) mass is 448 g/mol. The summed E-state index contributed by atoms with van der Waals surface area (Å²) < 4.78 is 45.4. The van der Waals surface area contributed by atoms with Crippen LogP contribution in [0, 0.1) is 29.3 Å². The van der Waals surface area contributed by atoms with Gasteiger partial charge in [-0.05, 0) is 49.5 Å². The molecule has 32 heavy (non-hydrogen) atoms. The number of hydrogen-bond donors (Lipinski definition) is 1. The quantitative estimate of drug-likeness (QED) is 0.535. The number of likely N-dealkylation sites (tertiary alicyclic amines) is 1. The van der Waals surface area contributed by atoms with Crippen molar-refractivity contribution in [1.29, 1.82) is 0 Å². The van der Waals surface area contributed by atoms with E-state index in [1.54, 1.807) is 0 Å². The van der Waals surface area contributed by atoms with Crippen LogP contribution in [0.2, 0.25) is 0 Å². The SMILES string of the molecule is CC(COc1cc(F)c(F)cc1F)CN1CCC(c2cccc(NC(=O)C(C)C)c2)CC1. The lowest BCUT2D eigenvalue weighted by molar-refractivity contribution is -0.118. The normalized spacial score (nSPS) is 16.2. The van der Waals surface area contributed by atoms with E-state index in [-0.39, 0.29) is 30.1 Å². The van der Waals surface area contributed by atoms with E-state index in [0.717, 1.165) is 44.2 Å². The molecular formula is C25H31F3N2O2. The van der Waals surface area contributed by atoms with Gasteiger partial charge in [-0.2, -0.15) is 0 Å². The highest BCUT2D eigenvalue weighted by molar-refractivity contribution is 5.92. The lowest BCUT2D eigenvalue weighted by Crippen LogP contribution is -2.37. The summed E-state index contributed by atoms with van der Waals surface area (Å²) in [5.41, 5.74) is 2.07. The van der Waals surface area contributed by atoms with Gasteiger partial charge in [-0.25, -0.2) is 13.2 Å². The number of hydrogen-bond acceptors (Lipinski definition) is 3. The number of ether oxygens (including phenoxy) is 1. The smallest absolute Gasteiger partial charge is 0.226 e. The van der Waals surface area contributed by atoms with Crippen molar-refractivity contribution in [2.24, 2.45) is 11.8 Å². The van der Waals surface area contributed by atoms with Crippen LogP contribution in [0.15, 0.2) is 36.4 Å². The third kappa shape index (κ3) is 6.48. The van der Waals surface area contributed by atoms with Crippen molar-refractivity contribution < 1.29 is 22.7 Å². The molecule has 1 aliphatic rings. The summed E-state index contributed by atoms with van der Waals surface area (Å²) in [5.74, 6) is -3.02. The lowest BCUT2D eigenvalue weighted by Gasteiger charge is -2.33. The Bertz CT molecular complexity index is 927. The van der Waals surface area contributed by atoms with Crippen LogP contribution in [0.5, 0.6) is 5.75 Å². The van der Waals surface area contributed by atoms with E-state index in [2.05, 4.69) is 22.3 Å². The second-order valence-corrected chi connectivity index (χ2v) is 8.96. The maximum absolute atomic E-state index is 13.7. The van der Waals surface area contributed by atoms with Crippen LogP contribution < -0.4 is 10.1 Å². The van der Waals surface area contributed by atoms with E-state index in [4.69, 9.17) is 4.74 Å². The maximum atomic E-state index is 13.7. The van der Waals surface area contributed by atoms with Gasteiger partial charge >= 0.3 is 0 Å². The molecule has 3 rings (SSSR count). The molecule has 0 bridgehead atoms. The third-order valence-electron chi connectivity index (χ3n) is 5.81. The van der Waals surface area contributed by atoms with Gasteiger partial charge in [0.1, 0.15) is 0 Å². The fourth-order valence-electron chi connectivity index (χ4n) is 3.95. The average molecular weight is 449 g/mol. The second-order valence-electron chi connectivity index (χ2n) is 8.96. The van der Waals surface area contributed by atoms with Gasteiger partial charge in [0.2, 0.25) is 5.91 Å². The highest BCUT2D eigenvalue weighted by atomic mass is 19.2. The van der Waals surface area contributed by atoms with E-state index >= 15 is 0 Å². The molecule has 2 aromatic rings. The molecule has 1 amide bonds. The first-order chi connectivity index (χ1) is 15.2. The predicted octanol–water partition coefficient (Wildman–Crippen LogP) is 5.59. The van der Waals surface area contributed by atoms with E-state index < -0.39 is 17.5 Å². The number of rotatable bonds is 8. The molecule has 4 nitrogen and oxygen atoms in total. The molecule has 2 aromatic carbocycles. The molecule has 1 atom stereocenters. The zero-order chi connectivity index (χ0) is 23.3. The van der Waals surface area contributed by atoms with Crippen molar-refractivity contribution in [2.45, 2.75) is 39.5 Å². The molecular weight excluding hydrogens is 417 g/mol. The van der Waals surface area contributed by atoms with Gasteiger partial charge < -0.3 is 15.0 Å². The standard InChI is InChI=1S/C25H31F3N2O2/c1-16(2)25(31)29-20-6-4-5-19(11-20)18-7-9-30(10-8-18)14-17(3)15-32-24-13-22(27)21(26)12-23(24)28/h4-6,11-13,16-18H,7-10,14-15H2,1-3H3,(H,29,31). The van der Waals surface area contributed by atoms with Gasteiger partial charge in [-0.1, -0.05) is 32.9 Å². The van der Waals surface area contributed by atoms with Gasteiger partial charge in [-0.3, -0.25) is 4.79 Å². The van der Waals surface area contributed by atoms with Gasteiger partial charge in [0.15, 0.2) is 23.2 Å². The van der Waals surface area contributed by atoms with Crippen LogP contribution in [-0.4, -0.2) is 37.0 Å². The lowest BCUT2D eigenvalue weighted by atomic mass is 9.89. The Labute approximate surface area is 187 Å². The number of carbonyl (C=O) groups is 1. The van der Waals surface area contributed by atoms with E-state index in [9.17, 15) is 18.0 Å². The van der Waals surface area contributed by atoms with Crippen LogP contribution in [0.25, 0.3) is 0 Å². The van der Waals surface area contributed by atoms with E-state index in [1.165, 1.54) is 5.56 Å². The second kappa shape index (κ2) is 10.9. The molecule has 0 saturated carbocycles. The van der Waals surface area contributed by atoms with Crippen molar-refractivity contribution in [1.82, 2.24) is 4.90 Å². The Morgan fingerprint density at radius 2 is 1.75 bits per heavy atom. The first-order valence-corrected chi connectivity index (χ1v) is 11.1. The largest absolute Gasteiger partial charge is 0.490 e. The Balaban J connectivity index is 1.47. The molecule has 1 unspecified atom stereocenters. The topological polar surface area (TPSA) is 41.6 Å². The van der Waals surface area contributed by atoms with Crippen molar-refractivity contribution in [2.75, 3.05) is 31.6 Å². The molecule has 1 heterocycles. The molecule has 0 spiro atoms. The number of carbonyl (C=O) groups excluding carboxylic acids is 1. The molecule has 0 radical (unpaired) electrons. The zero-order valence-corrected chi connectivity index (χ0v) is 18.8. The summed E-state index contributed by atoms with van der Waals surface area (Å²) in [4.78, 5) is 14.3. The van der Waals surface area contributed by atoms with Gasteiger partial charge in [0.05, 0.1) is 6.61 Å². The van der Waals surface area contributed by atoms with Crippen LogP contribution in [0.3, 0.4) is 0 Å². The van der Waals surface area contributed by atoms with Crippen molar-refractivity contribution in [3.05, 3.63) is 59.4 Å². The summed E-state index contributed by atoms with van der Waals surface area (Å²) in [6, 6.07) is 9.32. The minimum Gasteiger partial charge on any atom is -0.490 e. The first kappa shape index (κ1) is 24.1. The summed E-state index contributed by atoms with van der Waals surface area (Å²) in [6.45, 7) is 8.59. The highest BCUT2D eigenvalue weighted by Crippen LogP contribution is 2.30. The molecule has 1 aliphatic heterocycles. The minimum atomic E-state index is -1.22. The number of amides is 1. The summed E-state index contributed by atoms with van der Waals surface area (Å²) in [5, 5.41) is 2.96. The Morgan fingerprint density at radius 1 is 1.06 bits per heavy atom. The molecule has 0 aromatic heterocycles. The van der Waals surface area contributed by atoms with Crippen molar-refractivity contribution in [3.8, 4) is 5.75 Å². The zero-order valence-electron chi connectivity index (χ0n) is 18.8. The number of nitrogens with one attached hydrogen (secondary N) is 1. The number of piperidine rings is 1. The van der Waals surface area contributed by atoms with Crippen molar-refractivity contribution in [3.63, 3.8) is 0 Å². The Morgan fingerprint density at radius 3 is 2.44 bits per heavy atom. The molecule has 174 valence electrons. The number of nitrogens with zero attached hydrogens (tertiary/aromatic N) is 1. The Kier molecular flexibility index (Phi) is 8.18. The van der Waals surface area contributed by atoms with Gasteiger partial charge in [-0.15, -0.1) is 0 Å². The predicted molar refractivity (Wildman–Crippen MR) is 119 cm³/mol. The summed E-state index contributed by atoms with van der Waals surface area (Å²) in [6.07, 6.45) is 2.01. The van der Waals surface area contributed by atoms with Crippen LogP contribution in [0.4, 0.5) is 18.9 Å². The van der Waals surface area contributed by atoms with Gasteiger partial charge in [0, 0.05) is 36.2 Å². The molecule has 1 saturated heterocycles. The maximum Gasteiger partial charge on any atom is 0.226 e. The Hall–Kier alpha value is -2.54. The van der Waals surface area contributed by atoms with Crippen molar-refractivity contribution >= 4 is 11.6 Å².